The molecule has 152 valence electrons. The lowest BCUT2D eigenvalue weighted by molar-refractivity contribution is 0.110. The maximum absolute atomic E-state index is 5.99. The van der Waals surface area contributed by atoms with Crippen molar-refractivity contribution >= 4 is 0 Å². The number of rotatable bonds is 9. The molecule has 1 aromatic heterocycles. The highest BCUT2D eigenvalue weighted by Gasteiger charge is 2.16. The van der Waals surface area contributed by atoms with Gasteiger partial charge in [-0.1, -0.05) is 29.4 Å². The van der Waals surface area contributed by atoms with Crippen LogP contribution in [0.3, 0.4) is 0 Å². The quantitative estimate of drug-likeness (QED) is 0.596. The van der Waals surface area contributed by atoms with Gasteiger partial charge in [0.2, 0.25) is 0 Å². The second-order valence-corrected chi connectivity index (χ2v) is 6.79. The summed E-state index contributed by atoms with van der Waals surface area (Å²) in [6.45, 7) is 4.94. The lowest BCUT2D eigenvalue weighted by atomic mass is 10.2. The minimum absolute atomic E-state index is 0.279. The molecule has 1 saturated heterocycles. The van der Waals surface area contributed by atoms with Gasteiger partial charge < -0.3 is 19.5 Å². The SMILES string of the molecule is CCOc1cc(CNC[C@@H]2CCCO2)ccc1Oc1nnnn1-c1ccccc1. The van der Waals surface area contributed by atoms with Crippen LogP contribution in [0.25, 0.3) is 5.69 Å². The summed E-state index contributed by atoms with van der Waals surface area (Å²) in [6, 6.07) is 15.8. The zero-order valence-electron chi connectivity index (χ0n) is 16.5. The fourth-order valence-corrected chi connectivity index (χ4v) is 3.27. The van der Waals surface area contributed by atoms with Gasteiger partial charge in [-0.15, -0.1) is 0 Å². The topological polar surface area (TPSA) is 83.3 Å². The van der Waals surface area contributed by atoms with Gasteiger partial charge in [-0.3, -0.25) is 0 Å². The fourth-order valence-electron chi connectivity index (χ4n) is 3.27. The van der Waals surface area contributed by atoms with E-state index < -0.39 is 0 Å². The third-order valence-electron chi connectivity index (χ3n) is 4.68. The Labute approximate surface area is 169 Å². The third-order valence-corrected chi connectivity index (χ3v) is 4.68. The highest BCUT2D eigenvalue weighted by Crippen LogP contribution is 2.32. The standard InChI is InChI=1S/C21H25N5O3/c1-2-27-20-13-16(14-22-15-18-9-6-12-28-18)10-11-19(20)29-21-23-24-25-26(21)17-7-4-3-5-8-17/h3-5,7-8,10-11,13,18,22H,2,6,9,12,14-15H2,1H3/t18-/m0/s1. The van der Waals surface area contributed by atoms with Crippen molar-refractivity contribution in [2.24, 2.45) is 0 Å². The maximum Gasteiger partial charge on any atom is 0.346 e. The number of ether oxygens (including phenoxy) is 3. The van der Waals surface area contributed by atoms with Crippen LogP contribution in [0.1, 0.15) is 25.3 Å². The molecule has 29 heavy (non-hydrogen) atoms. The van der Waals surface area contributed by atoms with Crippen LogP contribution in [0, 0.1) is 0 Å². The van der Waals surface area contributed by atoms with Crippen LogP contribution in [0.4, 0.5) is 0 Å². The van der Waals surface area contributed by atoms with Crippen LogP contribution in [-0.2, 0) is 11.3 Å². The van der Waals surface area contributed by atoms with E-state index in [0.29, 0.717) is 24.2 Å². The summed E-state index contributed by atoms with van der Waals surface area (Å²) in [7, 11) is 0. The predicted molar refractivity (Wildman–Crippen MR) is 108 cm³/mol. The van der Waals surface area contributed by atoms with Gasteiger partial charge in [0, 0.05) is 19.7 Å². The molecule has 0 radical (unpaired) electrons. The summed E-state index contributed by atoms with van der Waals surface area (Å²) in [4.78, 5) is 0. The smallest absolute Gasteiger partial charge is 0.346 e. The van der Waals surface area contributed by atoms with Gasteiger partial charge in [0.25, 0.3) is 0 Å². The number of para-hydroxylation sites is 1. The van der Waals surface area contributed by atoms with Crippen LogP contribution in [0.5, 0.6) is 17.5 Å². The summed E-state index contributed by atoms with van der Waals surface area (Å²) in [5.41, 5.74) is 1.93. The molecule has 8 heteroatoms. The summed E-state index contributed by atoms with van der Waals surface area (Å²) < 4.78 is 19.0. The van der Waals surface area contributed by atoms with E-state index in [1.807, 2.05) is 55.5 Å². The first-order valence-electron chi connectivity index (χ1n) is 9.93. The number of hydrogen-bond acceptors (Lipinski definition) is 7. The Bertz CT molecular complexity index is 910. The van der Waals surface area contributed by atoms with Crippen LogP contribution >= 0.6 is 0 Å². The van der Waals surface area contributed by atoms with E-state index in [2.05, 4.69) is 20.8 Å². The molecule has 1 fully saturated rings. The summed E-state index contributed by atoms with van der Waals surface area (Å²) >= 11 is 0. The fraction of sp³-hybridized carbons (Fsp3) is 0.381. The number of hydrogen-bond donors (Lipinski definition) is 1. The van der Waals surface area contributed by atoms with Crippen molar-refractivity contribution in [3.8, 4) is 23.2 Å². The van der Waals surface area contributed by atoms with Crippen molar-refractivity contribution in [2.75, 3.05) is 19.8 Å². The van der Waals surface area contributed by atoms with Crippen molar-refractivity contribution in [1.82, 2.24) is 25.5 Å². The molecular formula is C21H25N5O3. The average molecular weight is 395 g/mol. The molecule has 0 bridgehead atoms. The lowest BCUT2D eigenvalue weighted by Crippen LogP contribution is -2.25. The Hall–Kier alpha value is -2.97. The Kier molecular flexibility index (Phi) is 6.33. The van der Waals surface area contributed by atoms with Crippen LogP contribution in [-0.4, -0.2) is 46.1 Å². The number of nitrogens with zero attached hydrogens (tertiary/aromatic N) is 4. The van der Waals surface area contributed by atoms with Crippen molar-refractivity contribution in [3.05, 3.63) is 54.1 Å². The summed E-state index contributed by atoms with van der Waals surface area (Å²) in [5, 5.41) is 15.2. The van der Waals surface area contributed by atoms with Gasteiger partial charge in [0.05, 0.1) is 18.4 Å². The average Bonchev–Trinajstić information content (AvgIpc) is 3.43. The van der Waals surface area contributed by atoms with Gasteiger partial charge in [-0.05, 0) is 60.0 Å². The predicted octanol–water partition coefficient (Wildman–Crippen LogP) is 3.12. The maximum atomic E-state index is 5.99. The molecular weight excluding hydrogens is 370 g/mol. The Balaban J connectivity index is 1.47. The van der Waals surface area contributed by atoms with Crippen molar-refractivity contribution in [1.29, 1.82) is 0 Å². The lowest BCUT2D eigenvalue weighted by Gasteiger charge is -2.14. The van der Waals surface area contributed by atoms with Gasteiger partial charge in [-0.25, -0.2) is 0 Å². The highest BCUT2D eigenvalue weighted by atomic mass is 16.5. The molecule has 0 spiro atoms. The van der Waals surface area contributed by atoms with E-state index in [9.17, 15) is 0 Å². The van der Waals surface area contributed by atoms with Gasteiger partial charge in [0.15, 0.2) is 11.5 Å². The van der Waals surface area contributed by atoms with E-state index in [4.69, 9.17) is 14.2 Å². The number of nitrogens with one attached hydrogen (secondary N) is 1. The molecule has 1 N–H and O–H groups in total. The molecule has 2 aromatic carbocycles. The molecule has 3 aromatic rings. The molecule has 1 aliphatic heterocycles. The van der Waals surface area contributed by atoms with E-state index in [1.54, 1.807) is 4.68 Å². The van der Waals surface area contributed by atoms with E-state index >= 15 is 0 Å². The van der Waals surface area contributed by atoms with Gasteiger partial charge in [-0.2, -0.15) is 4.68 Å². The van der Waals surface area contributed by atoms with Crippen molar-refractivity contribution < 1.29 is 14.2 Å². The zero-order valence-corrected chi connectivity index (χ0v) is 16.5. The zero-order chi connectivity index (χ0) is 19.9. The molecule has 0 saturated carbocycles. The summed E-state index contributed by atoms with van der Waals surface area (Å²) in [5.74, 6) is 1.23. The first-order valence-corrected chi connectivity index (χ1v) is 9.93. The first kappa shape index (κ1) is 19.4. The number of tetrazole rings is 1. The Morgan fingerprint density at radius 1 is 1.17 bits per heavy atom. The Morgan fingerprint density at radius 3 is 2.86 bits per heavy atom. The molecule has 4 rings (SSSR count). The van der Waals surface area contributed by atoms with Gasteiger partial charge in [0.1, 0.15) is 0 Å². The van der Waals surface area contributed by atoms with Crippen LogP contribution in [0.2, 0.25) is 0 Å². The normalized spacial score (nSPS) is 16.1. The molecule has 1 atom stereocenters. The molecule has 1 aliphatic rings. The largest absolute Gasteiger partial charge is 0.490 e. The summed E-state index contributed by atoms with van der Waals surface area (Å²) in [6.07, 6.45) is 2.59. The molecule has 0 unspecified atom stereocenters. The van der Waals surface area contributed by atoms with Crippen LogP contribution < -0.4 is 14.8 Å². The van der Waals surface area contributed by atoms with E-state index in [0.717, 1.165) is 43.8 Å². The monoisotopic (exact) mass is 395 g/mol. The minimum Gasteiger partial charge on any atom is -0.490 e. The molecule has 0 amide bonds. The Morgan fingerprint density at radius 2 is 2.07 bits per heavy atom. The van der Waals surface area contributed by atoms with Crippen LogP contribution in [0.15, 0.2) is 48.5 Å². The minimum atomic E-state index is 0.279. The first-order chi connectivity index (χ1) is 14.3. The highest BCUT2D eigenvalue weighted by molar-refractivity contribution is 5.44. The molecule has 0 aliphatic carbocycles. The van der Waals surface area contributed by atoms with E-state index in [1.165, 1.54) is 0 Å². The molecule has 8 nitrogen and oxygen atoms in total. The van der Waals surface area contributed by atoms with Gasteiger partial charge >= 0.3 is 6.01 Å². The van der Waals surface area contributed by atoms with Crippen molar-refractivity contribution in [3.63, 3.8) is 0 Å². The number of aromatic nitrogens is 4. The third kappa shape index (κ3) is 4.90. The van der Waals surface area contributed by atoms with Crippen molar-refractivity contribution in [2.45, 2.75) is 32.4 Å². The second kappa shape index (κ2) is 9.49. The number of benzene rings is 2. The van der Waals surface area contributed by atoms with E-state index in [-0.39, 0.29) is 6.01 Å². The molecule has 2 heterocycles. The second-order valence-electron chi connectivity index (χ2n) is 6.79.